The van der Waals surface area contributed by atoms with Crippen molar-refractivity contribution in [3.05, 3.63) is 53.8 Å². The molecule has 3 aromatic rings. The molecule has 28 heavy (non-hydrogen) atoms. The molecule has 1 aliphatic heterocycles. The van der Waals surface area contributed by atoms with E-state index in [1.807, 2.05) is 6.07 Å². The number of imidazole rings is 1. The van der Waals surface area contributed by atoms with Crippen LogP contribution in [0.1, 0.15) is 18.4 Å². The van der Waals surface area contributed by atoms with E-state index >= 15 is 0 Å². The third kappa shape index (κ3) is 4.10. The molecule has 0 unspecified atom stereocenters. The highest BCUT2D eigenvalue weighted by molar-refractivity contribution is 5.80. The number of phenolic OH excluding ortho intramolecular Hbond substituents is 1. The summed E-state index contributed by atoms with van der Waals surface area (Å²) in [5.41, 5.74) is 8.33. The summed E-state index contributed by atoms with van der Waals surface area (Å²) in [4.78, 5) is 7.11. The van der Waals surface area contributed by atoms with Crippen LogP contribution in [-0.2, 0) is 6.54 Å². The average Bonchev–Trinajstić information content (AvgIpc) is 3.01. The number of nitrogens with zero attached hydrogens (tertiary/aromatic N) is 3. The van der Waals surface area contributed by atoms with Crippen molar-refractivity contribution in [3.8, 4) is 5.75 Å². The molecular weight excluding hydrogens is 357 g/mol. The molecule has 2 aromatic carbocycles. The maximum atomic E-state index is 13.3. The summed E-state index contributed by atoms with van der Waals surface area (Å²) in [6.45, 7) is 4.25. The van der Waals surface area contributed by atoms with Crippen LogP contribution in [0.15, 0.2) is 42.5 Å². The average molecular weight is 383 g/mol. The van der Waals surface area contributed by atoms with Gasteiger partial charge in [0.15, 0.2) is 0 Å². The monoisotopic (exact) mass is 383 g/mol. The number of benzene rings is 2. The van der Waals surface area contributed by atoms with Gasteiger partial charge >= 0.3 is 0 Å². The Balaban J connectivity index is 1.59. The highest BCUT2D eigenvalue weighted by atomic mass is 19.1. The minimum atomic E-state index is -0.244. The van der Waals surface area contributed by atoms with Crippen LogP contribution in [0.3, 0.4) is 0 Å². The van der Waals surface area contributed by atoms with Gasteiger partial charge in [-0.2, -0.15) is 0 Å². The van der Waals surface area contributed by atoms with Gasteiger partial charge in [0.25, 0.3) is 0 Å². The number of aromatic nitrogens is 2. The quantitative estimate of drug-likeness (QED) is 0.610. The number of halogens is 1. The first-order valence-corrected chi connectivity index (χ1v) is 9.75. The lowest BCUT2D eigenvalue weighted by atomic mass is 10.1. The van der Waals surface area contributed by atoms with E-state index in [4.69, 9.17) is 10.7 Å². The predicted octanol–water partition coefficient (Wildman–Crippen LogP) is 2.76. The zero-order valence-electron chi connectivity index (χ0n) is 15.8. The van der Waals surface area contributed by atoms with Crippen LogP contribution >= 0.6 is 0 Å². The van der Waals surface area contributed by atoms with E-state index in [2.05, 4.69) is 14.8 Å². The molecule has 6 nitrogen and oxygen atoms in total. The minimum Gasteiger partial charge on any atom is -0.508 e. The van der Waals surface area contributed by atoms with Crippen LogP contribution in [0, 0.1) is 5.82 Å². The standard InChI is InChI=1S/C21H26FN5O/c22-16-3-1-15(2-4-16)14-27-20-6-5-18(28)13-19(20)25-21(27)24-17-7-10-26(11-8-17)12-9-23/h1-6,13,17,28H,7-12,14,23H2,(H,24,25). The lowest BCUT2D eigenvalue weighted by Crippen LogP contribution is -2.41. The van der Waals surface area contributed by atoms with E-state index in [9.17, 15) is 9.50 Å². The molecule has 1 saturated heterocycles. The molecule has 0 aliphatic carbocycles. The molecule has 0 saturated carbocycles. The molecule has 0 bridgehead atoms. The summed E-state index contributed by atoms with van der Waals surface area (Å²) < 4.78 is 15.4. The molecule has 1 aromatic heterocycles. The van der Waals surface area contributed by atoms with Crippen molar-refractivity contribution >= 4 is 17.0 Å². The van der Waals surface area contributed by atoms with Gasteiger partial charge in [-0.15, -0.1) is 0 Å². The fourth-order valence-electron chi connectivity index (χ4n) is 3.83. The Morgan fingerprint density at radius 3 is 2.61 bits per heavy atom. The van der Waals surface area contributed by atoms with E-state index in [1.165, 1.54) is 12.1 Å². The summed E-state index contributed by atoms with van der Waals surface area (Å²) in [7, 11) is 0. The van der Waals surface area contributed by atoms with Crippen LogP contribution in [0.5, 0.6) is 5.75 Å². The van der Waals surface area contributed by atoms with Gasteiger partial charge in [-0.3, -0.25) is 0 Å². The van der Waals surface area contributed by atoms with Crippen molar-refractivity contribution in [1.82, 2.24) is 14.5 Å². The Kier molecular flexibility index (Phi) is 5.45. The van der Waals surface area contributed by atoms with Gasteiger partial charge in [0, 0.05) is 38.3 Å². The summed E-state index contributed by atoms with van der Waals surface area (Å²) in [5.74, 6) is 0.731. The first-order chi connectivity index (χ1) is 13.6. The fourth-order valence-corrected chi connectivity index (χ4v) is 3.83. The number of nitrogens with two attached hydrogens (primary N) is 1. The van der Waals surface area contributed by atoms with Crippen LogP contribution < -0.4 is 11.1 Å². The first-order valence-electron chi connectivity index (χ1n) is 9.75. The Morgan fingerprint density at radius 1 is 1.14 bits per heavy atom. The molecule has 0 spiro atoms. The maximum Gasteiger partial charge on any atom is 0.204 e. The first kappa shape index (κ1) is 18.7. The molecule has 148 valence electrons. The van der Waals surface area contributed by atoms with E-state index < -0.39 is 0 Å². The van der Waals surface area contributed by atoms with Crippen molar-refractivity contribution in [3.63, 3.8) is 0 Å². The van der Waals surface area contributed by atoms with Gasteiger partial charge in [0.2, 0.25) is 5.95 Å². The van der Waals surface area contributed by atoms with E-state index in [0.717, 1.165) is 55.0 Å². The molecule has 4 N–H and O–H groups in total. The van der Waals surface area contributed by atoms with Crippen molar-refractivity contribution in [2.75, 3.05) is 31.5 Å². The van der Waals surface area contributed by atoms with Crippen LogP contribution in [-0.4, -0.2) is 51.8 Å². The van der Waals surface area contributed by atoms with Crippen molar-refractivity contribution in [2.24, 2.45) is 5.73 Å². The molecule has 0 amide bonds. The molecular formula is C21H26FN5O. The van der Waals surface area contributed by atoms with Crippen LogP contribution in [0.4, 0.5) is 10.3 Å². The van der Waals surface area contributed by atoms with Gasteiger partial charge in [-0.05, 0) is 42.7 Å². The molecule has 4 rings (SSSR count). The minimum absolute atomic E-state index is 0.195. The zero-order chi connectivity index (χ0) is 19.5. The smallest absolute Gasteiger partial charge is 0.204 e. The molecule has 7 heteroatoms. The molecule has 1 fully saturated rings. The van der Waals surface area contributed by atoms with E-state index in [-0.39, 0.29) is 11.6 Å². The zero-order valence-corrected chi connectivity index (χ0v) is 15.8. The number of fused-ring (bicyclic) bond motifs is 1. The Hall–Kier alpha value is -2.64. The highest BCUT2D eigenvalue weighted by Gasteiger charge is 2.21. The number of piperidine rings is 1. The number of phenols is 1. The topological polar surface area (TPSA) is 79.3 Å². The number of rotatable bonds is 6. The van der Waals surface area contributed by atoms with Crippen molar-refractivity contribution in [1.29, 1.82) is 0 Å². The van der Waals surface area contributed by atoms with E-state index in [0.29, 0.717) is 19.1 Å². The second-order valence-corrected chi connectivity index (χ2v) is 7.37. The second-order valence-electron chi connectivity index (χ2n) is 7.37. The molecule has 0 atom stereocenters. The number of anilines is 1. The second kappa shape index (κ2) is 8.16. The predicted molar refractivity (Wildman–Crippen MR) is 109 cm³/mol. The van der Waals surface area contributed by atoms with Crippen molar-refractivity contribution < 1.29 is 9.50 Å². The number of nitrogens with one attached hydrogen (secondary N) is 1. The summed E-state index contributed by atoms with van der Waals surface area (Å²) in [6, 6.07) is 12.1. The number of aromatic hydroxyl groups is 1. The summed E-state index contributed by atoms with van der Waals surface area (Å²) in [6.07, 6.45) is 2.07. The van der Waals surface area contributed by atoms with Gasteiger partial charge in [-0.1, -0.05) is 12.1 Å². The SMILES string of the molecule is NCCN1CCC(Nc2nc3cc(O)ccc3n2Cc2ccc(F)cc2)CC1. The number of hydrogen-bond donors (Lipinski definition) is 3. The third-order valence-electron chi connectivity index (χ3n) is 5.35. The third-order valence-corrected chi connectivity index (χ3v) is 5.35. The summed E-state index contributed by atoms with van der Waals surface area (Å²) >= 11 is 0. The van der Waals surface area contributed by atoms with Crippen molar-refractivity contribution in [2.45, 2.75) is 25.4 Å². The Bertz CT molecular complexity index is 932. The fraction of sp³-hybridized carbons (Fsp3) is 0.381. The Labute approximate surface area is 163 Å². The van der Waals surface area contributed by atoms with Gasteiger partial charge < -0.3 is 25.6 Å². The maximum absolute atomic E-state index is 13.3. The van der Waals surface area contributed by atoms with Gasteiger partial charge in [0.05, 0.1) is 17.6 Å². The Morgan fingerprint density at radius 2 is 1.89 bits per heavy atom. The highest BCUT2D eigenvalue weighted by Crippen LogP contribution is 2.26. The summed E-state index contributed by atoms with van der Waals surface area (Å²) in [5, 5.41) is 13.4. The molecule has 0 radical (unpaired) electrons. The largest absolute Gasteiger partial charge is 0.508 e. The molecule has 1 aliphatic rings. The van der Waals surface area contributed by atoms with Gasteiger partial charge in [-0.25, -0.2) is 9.37 Å². The number of hydrogen-bond acceptors (Lipinski definition) is 5. The van der Waals surface area contributed by atoms with Crippen LogP contribution in [0.2, 0.25) is 0 Å². The lowest BCUT2D eigenvalue weighted by Gasteiger charge is -2.32. The number of likely N-dealkylation sites (tertiary alicyclic amines) is 1. The van der Waals surface area contributed by atoms with E-state index in [1.54, 1.807) is 24.3 Å². The lowest BCUT2D eigenvalue weighted by molar-refractivity contribution is 0.224. The van der Waals surface area contributed by atoms with Crippen LogP contribution in [0.25, 0.3) is 11.0 Å². The molecule has 2 heterocycles. The normalized spacial score (nSPS) is 15.9. The van der Waals surface area contributed by atoms with Gasteiger partial charge in [0.1, 0.15) is 11.6 Å².